The molecule has 4 rings (SSSR count). The summed E-state index contributed by atoms with van der Waals surface area (Å²) < 4.78 is 14.6. The predicted molar refractivity (Wildman–Crippen MR) is 106 cm³/mol. The maximum Gasteiger partial charge on any atom is 0.128 e. The number of nitrogens with one attached hydrogen (secondary N) is 1. The number of H-pyrrole nitrogens is 1. The Morgan fingerprint density at radius 3 is 2.78 bits per heavy atom. The van der Waals surface area contributed by atoms with Crippen LogP contribution in [0.15, 0.2) is 60.9 Å². The van der Waals surface area contributed by atoms with Crippen molar-refractivity contribution in [3.8, 4) is 11.1 Å². The van der Waals surface area contributed by atoms with Crippen molar-refractivity contribution in [2.45, 2.75) is 12.3 Å². The number of hydrogen-bond donors (Lipinski definition) is 2. The van der Waals surface area contributed by atoms with Gasteiger partial charge in [0.05, 0.1) is 11.2 Å². The fourth-order valence-corrected chi connectivity index (χ4v) is 3.64. The number of aromatic nitrogens is 3. The van der Waals surface area contributed by atoms with Gasteiger partial charge in [0, 0.05) is 39.8 Å². The highest BCUT2D eigenvalue weighted by Crippen LogP contribution is 2.36. The highest BCUT2D eigenvalue weighted by Gasteiger charge is 2.23. The highest BCUT2D eigenvalue weighted by atomic mass is 35.5. The number of benzene rings is 2. The fourth-order valence-electron chi connectivity index (χ4n) is 3.48. The summed E-state index contributed by atoms with van der Waals surface area (Å²) in [5.41, 5.74) is 10.0. The van der Waals surface area contributed by atoms with Crippen LogP contribution < -0.4 is 5.73 Å². The lowest BCUT2D eigenvalue weighted by Crippen LogP contribution is -2.11. The zero-order valence-corrected chi connectivity index (χ0v) is 15.2. The van der Waals surface area contributed by atoms with Gasteiger partial charge in [0.2, 0.25) is 0 Å². The number of nitrogens with zero attached hydrogens (tertiary/aromatic N) is 2. The lowest BCUT2D eigenvalue weighted by atomic mass is 9.89. The van der Waals surface area contributed by atoms with Crippen LogP contribution in [0.2, 0.25) is 5.02 Å². The standard InChI is InChI=1S/C21H18ClFN4/c22-14-6-7-16(19(23)11-14)17(8-9-24)21-18-5-1-4-15(20(18)26-27-21)13-3-2-10-25-12-13/h1-7,10-12,17H,8-9,24H2,(H,26,27). The first-order valence-electron chi connectivity index (χ1n) is 8.71. The fraction of sp³-hybridized carbons (Fsp3) is 0.143. The van der Waals surface area contributed by atoms with Crippen molar-refractivity contribution < 1.29 is 4.39 Å². The number of fused-ring (bicyclic) bond motifs is 1. The Labute approximate surface area is 161 Å². The third-order valence-electron chi connectivity index (χ3n) is 4.72. The van der Waals surface area contributed by atoms with Crippen LogP contribution in [-0.4, -0.2) is 21.7 Å². The lowest BCUT2D eigenvalue weighted by molar-refractivity contribution is 0.583. The van der Waals surface area contributed by atoms with Gasteiger partial charge < -0.3 is 5.73 Å². The summed E-state index contributed by atoms with van der Waals surface area (Å²) in [5, 5.41) is 8.98. The van der Waals surface area contributed by atoms with E-state index in [0.29, 0.717) is 23.6 Å². The molecule has 2 aromatic heterocycles. The number of para-hydroxylation sites is 1. The minimum Gasteiger partial charge on any atom is -0.330 e. The Kier molecular flexibility index (Phi) is 4.88. The molecule has 0 bridgehead atoms. The molecule has 0 fully saturated rings. The van der Waals surface area contributed by atoms with Gasteiger partial charge in [-0.05, 0) is 36.7 Å². The average molecular weight is 381 g/mol. The molecule has 0 aliphatic carbocycles. The van der Waals surface area contributed by atoms with Crippen LogP contribution >= 0.6 is 11.6 Å². The highest BCUT2D eigenvalue weighted by molar-refractivity contribution is 6.30. The van der Waals surface area contributed by atoms with Gasteiger partial charge in [0.25, 0.3) is 0 Å². The van der Waals surface area contributed by atoms with E-state index in [2.05, 4.69) is 15.2 Å². The van der Waals surface area contributed by atoms with E-state index in [1.54, 1.807) is 18.3 Å². The first-order chi connectivity index (χ1) is 13.2. The molecule has 3 N–H and O–H groups in total. The largest absolute Gasteiger partial charge is 0.330 e. The molecule has 0 saturated heterocycles. The molecule has 0 saturated carbocycles. The van der Waals surface area contributed by atoms with Gasteiger partial charge in [-0.1, -0.05) is 41.9 Å². The van der Waals surface area contributed by atoms with Crippen molar-refractivity contribution in [2.75, 3.05) is 6.54 Å². The normalized spacial score (nSPS) is 12.4. The van der Waals surface area contributed by atoms with Crippen molar-refractivity contribution in [3.05, 3.63) is 83.0 Å². The van der Waals surface area contributed by atoms with Crippen LogP contribution in [0, 0.1) is 5.82 Å². The summed E-state index contributed by atoms with van der Waals surface area (Å²) in [6.07, 6.45) is 4.13. The second-order valence-electron chi connectivity index (χ2n) is 6.37. The first-order valence-corrected chi connectivity index (χ1v) is 9.09. The van der Waals surface area contributed by atoms with Crippen LogP contribution in [0.3, 0.4) is 0 Å². The third-order valence-corrected chi connectivity index (χ3v) is 4.96. The van der Waals surface area contributed by atoms with Gasteiger partial charge in [-0.2, -0.15) is 5.10 Å². The minimum atomic E-state index is -0.347. The number of halogens is 2. The number of rotatable bonds is 5. The predicted octanol–water partition coefficient (Wildman–Crippen LogP) is 4.90. The summed E-state index contributed by atoms with van der Waals surface area (Å²) in [4.78, 5) is 4.19. The molecule has 0 spiro atoms. The number of pyridine rings is 1. The van der Waals surface area contributed by atoms with E-state index in [9.17, 15) is 4.39 Å². The maximum atomic E-state index is 14.6. The molecular formula is C21H18ClFN4. The van der Waals surface area contributed by atoms with E-state index in [1.807, 2.05) is 36.5 Å². The molecule has 0 radical (unpaired) electrons. The van der Waals surface area contributed by atoms with Crippen molar-refractivity contribution in [3.63, 3.8) is 0 Å². The molecular weight excluding hydrogens is 363 g/mol. The maximum absolute atomic E-state index is 14.6. The van der Waals surface area contributed by atoms with Crippen molar-refractivity contribution in [2.24, 2.45) is 5.73 Å². The molecule has 136 valence electrons. The summed E-state index contributed by atoms with van der Waals surface area (Å²) in [6, 6.07) is 14.6. The van der Waals surface area contributed by atoms with E-state index in [0.717, 1.165) is 27.7 Å². The SMILES string of the molecule is NCCC(c1ccc(Cl)cc1F)c1n[nH]c2c(-c3cccnc3)cccc12. The first kappa shape index (κ1) is 17.6. The molecule has 4 nitrogen and oxygen atoms in total. The number of aromatic amines is 1. The molecule has 27 heavy (non-hydrogen) atoms. The molecule has 1 unspecified atom stereocenters. The zero-order chi connectivity index (χ0) is 18.8. The molecule has 2 heterocycles. The molecule has 0 aliphatic heterocycles. The van der Waals surface area contributed by atoms with Crippen LogP contribution in [0.4, 0.5) is 4.39 Å². The quantitative estimate of drug-likeness (QED) is 0.517. The topological polar surface area (TPSA) is 67.6 Å². The van der Waals surface area contributed by atoms with Gasteiger partial charge in [-0.3, -0.25) is 10.1 Å². The molecule has 6 heteroatoms. The van der Waals surface area contributed by atoms with E-state index >= 15 is 0 Å². The van der Waals surface area contributed by atoms with E-state index < -0.39 is 0 Å². The Bertz CT molecular complexity index is 1080. The lowest BCUT2D eigenvalue weighted by Gasteiger charge is -2.16. The third kappa shape index (κ3) is 3.31. The monoisotopic (exact) mass is 380 g/mol. The molecule has 2 aromatic carbocycles. The number of nitrogens with two attached hydrogens (primary N) is 1. The Morgan fingerprint density at radius 2 is 2.04 bits per heavy atom. The van der Waals surface area contributed by atoms with Crippen LogP contribution in [0.5, 0.6) is 0 Å². The van der Waals surface area contributed by atoms with Gasteiger partial charge in [-0.25, -0.2) is 4.39 Å². The van der Waals surface area contributed by atoms with Gasteiger partial charge in [0.15, 0.2) is 0 Å². The number of hydrogen-bond acceptors (Lipinski definition) is 3. The average Bonchev–Trinajstić information content (AvgIpc) is 3.11. The Morgan fingerprint density at radius 1 is 1.15 bits per heavy atom. The Hall–Kier alpha value is -2.76. The second kappa shape index (κ2) is 7.47. The summed E-state index contributed by atoms with van der Waals surface area (Å²) >= 11 is 5.91. The van der Waals surface area contributed by atoms with Crippen molar-refractivity contribution in [1.82, 2.24) is 15.2 Å². The summed E-state index contributed by atoms with van der Waals surface area (Å²) in [7, 11) is 0. The van der Waals surface area contributed by atoms with Gasteiger partial charge in [0.1, 0.15) is 5.82 Å². The van der Waals surface area contributed by atoms with E-state index in [1.165, 1.54) is 6.07 Å². The summed E-state index contributed by atoms with van der Waals surface area (Å²) in [5.74, 6) is -0.606. The molecule has 4 aromatic rings. The van der Waals surface area contributed by atoms with E-state index in [4.69, 9.17) is 17.3 Å². The van der Waals surface area contributed by atoms with Crippen LogP contribution in [0.1, 0.15) is 23.6 Å². The van der Waals surface area contributed by atoms with Crippen molar-refractivity contribution >= 4 is 22.5 Å². The van der Waals surface area contributed by atoms with Crippen molar-refractivity contribution in [1.29, 1.82) is 0 Å². The molecule has 1 atom stereocenters. The van der Waals surface area contributed by atoms with Crippen LogP contribution in [-0.2, 0) is 0 Å². The zero-order valence-electron chi connectivity index (χ0n) is 14.5. The minimum absolute atomic E-state index is 0.259. The second-order valence-corrected chi connectivity index (χ2v) is 6.81. The molecule has 0 amide bonds. The van der Waals surface area contributed by atoms with Gasteiger partial charge >= 0.3 is 0 Å². The summed E-state index contributed by atoms with van der Waals surface area (Å²) in [6.45, 7) is 0.420. The van der Waals surface area contributed by atoms with E-state index in [-0.39, 0.29) is 11.7 Å². The molecule has 0 aliphatic rings. The van der Waals surface area contributed by atoms with Gasteiger partial charge in [-0.15, -0.1) is 0 Å². The smallest absolute Gasteiger partial charge is 0.128 e. The Balaban J connectivity index is 1.87. The van der Waals surface area contributed by atoms with Crippen LogP contribution in [0.25, 0.3) is 22.0 Å².